The molecule has 0 saturated carbocycles. The molecule has 1 aliphatic rings. The van der Waals surface area contributed by atoms with E-state index in [4.69, 9.17) is 4.74 Å². The number of hydrogen-bond donors (Lipinski definition) is 1. The Morgan fingerprint density at radius 1 is 1.25 bits per heavy atom. The van der Waals surface area contributed by atoms with E-state index in [1.54, 1.807) is 31.2 Å². The van der Waals surface area contributed by atoms with Gasteiger partial charge in [-0.3, -0.25) is 14.5 Å². The maximum Gasteiger partial charge on any atom is 0.260 e. The summed E-state index contributed by atoms with van der Waals surface area (Å²) >= 11 is 0. The summed E-state index contributed by atoms with van der Waals surface area (Å²) in [6, 6.07) is 6.90. The molecule has 0 bridgehead atoms. The average molecular weight is 333 g/mol. The van der Waals surface area contributed by atoms with Gasteiger partial charge >= 0.3 is 0 Å². The zero-order chi connectivity index (χ0) is 17.5. The molecule has 1 aliphatic heterocycles. The van der Waals surface area contributed by atoms with Crippen LogP contribution in [0.3, 0.4) is 0 Å². The summed E-state index contributed by atoms with van der Waals surface area (Å²) in [4.78, 5) is 28.2. The minimum Gasteiger partial charge on any atom is -0.481 e. The van der Waals surface area contributed by atoms with Crippen molar-refractivity contribution in [2.75, 3.05) is 46.3 Å². The predicted molar refractivity (Wildman–Crippen MR) is 93.5 cm³/mol. The molecule has 0 aliphatic carbocycles. The Morgan fingerprint density at radius 3 is 2.62 bits per heavy atom. The van der Waals surface area contributed by atoms with E-state index in [0.717, 1.165) is 32.7 Å². The molecular formula is C18H27N3O3. The first-order valence-electron chi connectivity index (χ1n) is 8.42. The van der Waals surface area contributed by atoms with Gasteiger partial charge < -0.3 is 15.0 Å². The molecule has 1 saturated heterocycles. The number of likely N-dealkylation sites (N-methyl/N-ethyl adjacent to an activating group) is 1. The van der Waals surface area contributed by atoms with E-state index in [2.05, 4.69) is 22.2 Å². The summed E-state index contributed by atoms with van der Waals surface area (Å²) in [7, 11) is 2.12. The van der Waals surface area contributed by atoms with Gasteiger partial charge in [-0.15, -0.1) is 0 Å². The average Bonchev–Trinajstić information content (AvgIpc) is 2.56. The fourth-order valence-electron chi connectivity index (χ4n) is 2.60. The maximum atomic E-state index is 12.1. The summed E-state index contributed by atoms with van der Waals surface area (Å²) < 4.78 is 5.64. The minimum atomic E-state index is -0.598. The molecule has 1 heterocycles. The van der Waals surface area contributed by atoms with Crippen molar-refractivity contribution in [1.29, 1.82) is 0 Å². The minimum absolute atomic E-state index is 0.0234. The van der Waals surface area contributed by atoms with Gasteiger partial charge in [0.2, 0.25) is 0 Å². The van der Waals surface area contributed by atoms with Gasteiger partial charge in [0.15, 0.2) is 11.9 Å². The van der Waals surface area contributed by atoms with Crippen LogP contribution < -0.4 is 10.1 Å². The second-order valence-corrected chi connectivity index (χ2v) is 6.28. The number of nitrogens with zero attached hydrogens (tertiary/aromatic N) is 2. The van der Waals surface area contributed by atoms with Crippen LogP contribution in [0.4, 0.5) is 0 Å². The van der Waals surface area contributed by atoms with E-state index < -0.39 is 6.10 Å². The van der Waals surface area contributed by atoms with Crippen molar-refractivity contribution in [3.05, 3.63) is 29.8 Å². The lowest BCUT2D eigenvalue weighted by molar-refractivity contribution is -0.127. The van der Waals surface area contributed by atoms with Gasteiger partial charge in [0, 0.05) is 44.8 Å². The van der Waals surface area contributed by atoms with Crippen molar-refractivity contribution < 1.29 is 14.3 Å². The number of carbonyl (C=O) groups is 2. The lowest BCUT2D eigenvalue weighted by Gasteiger charge is -2.32. The largest absolute Gasteiger partial charge is 0.481 e. The quantitative estimate of drug-likeness (QED) is 0.755. The monoisotopic (exact) mass is 333 g/mol. The first kappa shape index (κ1) is 18.4. The number of Topliss-reactive ketones (excluding diaryl/α,β-unsaturated/α-hetero) is 1. The topological polar surface area (TPSA) is 61.9 Å². The SMILES string of the molecule is CC(=O)c1cccc(O[C@H](C)C(=O)NCCN2CCN(C)CC2)c1. The summed E-state index contributed by atoms with van der Waals surface area (Å²) in [6.45, 7) is 8.90. The van der Waals surface area contributed by atoms with Crippen molar-refractivity contribution in [2.45, 2.75) is 20.0 Å². The van der Waals surface area contributed by atoms with Crippen molar-refractivity contribution >= 4 is 11.7 Å². The Balaban J connectivity index is 1.74. The number of carbonyl (C=O) groups excluding carboxylic acids is 2. The van der Waals surface area contributed by atoms with Crippen LogP contribution in [0, 0.1) is 0 Å². The molecule has 1 aromatic carbocycles. The highest BCUT2D eigenvalue weighted by molar-refractivity contribution is 5.94. The van der Waals surface area contributed by atoms with Crippen molar-refractivity contribution in [3.8, 4) is 5.75 Å². The highest BCUT2D eigenvalue weighted by Gasteiger charge is 2.17. The van der Waals surface area contributed by atoms with E-state index in [1.165, 1.54) is 6.92 Å². The Morgan fingerprint density at radius 2 is 1.96 bits per heavy atom. The molecule has 1 amide bonds. The van der Waals surface area contributed by atoms with Gasteiger partial charge in [0.05, 0.1) is 0 Å². The molecule has 2 rings (SSSR count). The maximum absolute atomic E-state index is 12.1. The van der Waals surface area contributed by atoms with Gasteiger partial charge in [0.25, 0.3) is 5.91 Å². The van der Waals surface area contributed by atoms with Gasteiger partial charge in [-0.25, -0.2) is 0 Å². The third kappa shape index (κ3) is 5.62. The number of piperazine rings is 1. The number of amides is 1. The molecule has 0 aromatic heterocycles. The van der Waals surface area contributed by atoms with Crippen molar-refractivity contribution in [3.63, 3.8) is 0 Å². The highest BCUT2D eigenvalue weighted by atomic mass is 16.5. The third-order valence-electron chi connectivity index (χ3n) is 4.25. The Labute approximate surface area is 143 Å². The molecule has 1 fully saturated rings. The van der Waals surface area contributed by atoms with Crippen LogP contribution in [-0.2, 0) is 4.79 Å². The molecule has 0 spiro atoms. The van der Waals surface area contributed by atoms with Gasteiger partial charge in [-0.2, -0.15) is 0 Å². The van der Waals surface area contributed by atoms with Crippen LogP contribution in [0.15, 0.2) is 24.3 Å². The molecule has 0 radical (unpaired) electrons. The normalized spacial score (nSPS) is 17.3. The molecule has 0 unspecified atom stereocenters. The standard InChI is InChI=1S/C18H27N3O3/c1-14(22)16-5-4-6-17(13-16)24-15(2)18(23)19-7-8-21-11-9-20(3)10-12-21/h4-6,13,15H,7-12H2,1-3H3,(H,19,23)/t15-/m1/s1. The highest BCUT2D eigenvalue weighted by Crippen LogP contribution is 2.15. The first-order valence-corrected chi connectivity index (χ1v) is 8.42. The lowest BCUT2D eigenvalue weighted by Crippen LogP contribution is -2.47. The summed E-state index contributed by atoms with van der Waals surface area (Å²) in [5, 5.41) is 2.91. The molecule has 6 nitrogen and oxygen atoms in total. The molecule has 1 aromatic rings. The Kier molecular flexibility index (Phi) is 6.75. The van der Waals surface area contributed by atoms with E-state index in [1.807, 2.05) is 0 Å². The Hall–Kier alpha value is -1.92. The van der Waals surface area contributed by atoms with Gasteiger partial charge in [-0.05, 0) is 33.0 Å². The number of ketones is 1. The van der Waals surface area contributed by atoms with Crippen LogP contribution in [0.1, 0.15) is 24.2 Å². The fourth-order valence-corrected chi connectivity index (χ4v) is 2.60. The van der Waals surface area contributed by atoms with Crippen LogP contribution in [-0.4, -0.2) is 73.9 Å². The molecule has 1 N–H and O–H groups in total. The second-order valence-electron chi connectivity index (χ2n) is 6.28. The first-order chi connectivity index (χ1) is 11.5. The Bertz CT molecular complexity index is 568. The number of nitrogens with one attached hydrogen (secondary N) is 1. The van der Waals surface area contributed by atoms with E-state index in [0.29, 0.717) is 17.9 Å². The van der Waals surface area contributed by atoms with Crippen LogP contribution >= 0.6 is 0 Å². The molecular weight excluding hydrogens is 306 g/mol. The number of rotatable bonds is 7. The third-order valence-corrected chi connectivity index (χ3v) is 4.25. The van der Waals surface area contributed by atoms with Crippen LogP contribution in [0.25, 0.3) is 0 Å². The number of ether oxygens (including phenoxy) is 1. The molecule has 1 atom stereocenters. The van der Waals surface area contributed by atoms with E-state index >= 15 is 0 Å². The van der Waals surface area contributed by atoms with Crippen molar-refractivity contribution in [1.82, 2.24) is 15.1 Å². The second kappa shape index (κ2) is 8.80. The van der Waals surface area contributed by atoms with Crippen molar-refractivity contribution in [2.24, 2.45) is 0 Å². The summed E-state index contributed by atoms with van der Waals surface area (Å²) in [5.74, 6) is 0.367. The van der Waals surface area contributed by atoms with Gasteiger partial charge in [-0.1, -0.05) is 12.1 Å². The van der Waals surface area contributed by atoms with E-state index in [-0.39, 0.29) is 11.7 Å². The zero-order valence-electron chi connectivity index (χ0n) is 14.7. The summed E-state index contributed by atoms with van der Waals surface area (Å²) in [6.07, 6.45) is -0.598. The van der Waals surface area contributed by atoms with E-state index in [9.17, 15) is 9.59 Å². The smallest absolute Gasteiger partial charge is 0.260 e. The zero-order valence-corrected chi connectivity index (χ0v) is 14.7. The molecule has 132 valence electrons. The van der Waals surface area contributed by atoms with Crippen LogP contribution in [0.5, 0.6) is 5.75 Å². The number of hydrogen-bond acceptors (Lipinski definition) is 5. The fraction of sp³-hybridized carbons (Fsp3) is 0.556. The predicted octanol–water partition coefficient (Wildman–Crippen LogP) is 1.02. The van der Waals surface area contributed by atoms with Gasteiger partial charge in [0.1, 0.15) is 5.75 Å². The summed E-state index contributed by atoms with van der Waals surface area (Å²) in [5.41, 5.74) is 0.579. The molecule has 24 heavy (non-hydrogen) atoms. The lowest BCUT2D eigenvalue weighted by atomic mass is 10.1. The number of benzene rings is 1. The van der Waals surface area contributed by atoms with Crippen LogP contribution in [0.2, 0.25) is 0 Å². The molecule has 6 heteroatoms.